The monoisotopic (exact) mass is 410 g/mol. The van der Waals surface area contributed by atoms with Gasteiger partial charge in [0.1, 0.15) is 11.8 Å². The van der Waals surface area contributed by atoms with Gasteiger partial charge >= 0.3 is 0 Å². The van der Waals surface area contributed by atoms with E-state index in [4.69, 9.17) is 4.74 Å². The first-order valence-electron chi connectivity index (χ1n) is 11.8. The summed E-state index contributed by atoms with van der Waals surface area (Å²) in [5.41, 5.74) is 0.792. The number of carbonyl (C=O) groups is 2. The van der Waals surface area contributed by atoms with Gasteiger partial charge in [0.15, 0.2) is 0 Å². The van der Waals surface area contributed by atoms with Crippen molar-refractivity contribution in [1.29, 1.82) is 0 Å². The van der Waals surface area contributed by atoms with Crippen molar-refractivity contribution >= 4 is 11.8 Å². The standard InChI is InChI=1S/C25H34N2O3/c1-15(2)22(23(28)26-20-7-8-30-21-6-4-3-5-19(20)21)27-24(29)25-12-16-9-17(13-25)11-18(10-16)14-25/h3-6,15-18,20,22H,7-14H2,1-2H3,(H,26,28)(H,27,29)/t16?,17?,18?,20-,22-,25?/m0/s1. The maximum absolute atomic E-state index is 13.5. The van der Waals surface area contributed by atoms with Crippen molar-refractivity contribution in [2.75, 3.05) is 6.61 Å². The molecule has 0 spiro atoms. The summed E-state index contributed by atoms with van der Waals surface area (Å²) in [5, 5.41) is 6.41. The average molecular weight is 411 g/mol. The van der Waals surface area contributed by atoms with Crippen LogP contribution in [0.4, 0.5) is 0 Å². The highest BCUT2D eigenvalue weighted by atomic mass is 16.5. The molecule has 0 unspecified atom stereocenters. The quantitative estimate of drug-likeness (QED) is 0.771. The number of para-hydroxylation sites is 1. The Balaban J connectivity index is 1.29. The normalized spacial score (nSPS) is 34.8. The van der Waals surface area contributed by atoms with Crippen LogP contribution in [0.15, 0.2) is 24.3 Å². The second-order valence-corrected chi connectivity index (χ2v) is 10.6. The zero-order chi connectivity index (χ0) is 20.9. The number of rotatable bonds is 5. The Morgan fingerprint density at radius 2 is 1.67 bits per heavy atom. The molecule has 2 atom stereocenters. The molecule has 0 aromatic heterocycles. The number of carbonyl (C=O) groups excluding carboxylic acids is 2. The fourth-order valence-corrected chi connectivity index (χ4v) is 6.97. The Kier molecular flexibility index (Phi) is 5.03. The largest absolute Gasteiger partial charge is 0.493 e. The molecular weight excluding hydrogens is 376 g/mol. The van der Waals surface area contributed by atoms with Gasteiger partial charge in [-0.25, -0.2) is 0 Å². The summed E-state index contributed by atoms with van der Waals surface area (Å²) in [4.78, 5) is 26.8. The van der Waals surface area contributed by atoms with E-state index in [2.05, 4.69) is 10.6 Å². The summed E-state index contributed by atoms with van der Waals surface area (Å²) in [6.07, 6.45) is 7.73. The van der Waals surface area contributed by atoms with Crippen LogP contribution in [-0.2, 0) is 9.59 Å². The Morgan fingerprint density at radius 1 is 1.03 bits per heavy atom. The number of hydrogen-bond donors (Lipinski definition) is 2. The molecule has 1 aromatic rings. The van der Waals surface area contributed by atoms with Gasteiger partial charge in [0.2, 0.25) is 11.8 Å². The van der Waals surface area contributed by atoms with E-state index in [0.717, 1.165) is 37.0 Å². The molecule has 5 aliphatic rings. The number of amides is 2. The summed E-state index contributed by atoms with van der Waals surface area (Å²) in [7, 11) is 0. The van der Waals surface area contributed by atoms with E-state index in [1.807, 2.05) is 38.1 Å². The number of nitrogens with one attached hydrogen (secondary N) is 2. The lowest BCUT2D eigenvalue weighted by Crippen LogP contribution is -2.58. The molecule has 6 rings (SSSR count). The van der Waals surface area contributed by atoms with Crippen molar-refractivity contribution in [1.82, 2.24) is 10.6 Å². The van der Waals surface area contributed by atoms with Crippen LogP contribution in [0.1, 0.15) is 70.4 Å². The van der Waals surface area contributed by atoms with Crippen molar-refractivity contribution in [2.45, 2.75) is 70.9 Å². The van der Waals surface area contributed by atoms with Crippen LogP contribution < -0.4 is 15.4 Å². The van der Waals surface area contributed by atoms with Crippen molar-refractivity contribution in [3.05, 3.63) is 29.8 Å². The third-order valence-corrected chi connectivity index (χ3v) is 8.03. The van der Waals surface area contributed by atoms with Gasteiger partial charge in [-0.1, -0.05) is 32.0 Å². The van der Waals surface area contributed by atoms with Gasteiger partial charge in [-0.05, 0) is 68.3 Å². The smallest absolute Gasteiger partial charge is 0.243 e. The van der Waals surface area contributed by atoms with Crippen LogP contribution in [0, 0.1) is 29.1 Å². The molecule has 4 fully saturated rings. The molecule has 2 amide bonds. The van der Waals surface area contributed by atoms with Crippen molar-refractivity contribution in [3.8, 4) is 5.75 Å². The maximum Gasteiger partial charge on any atom is 0.243 e. The van der Waals surface area contributed by atoms with Gasteiger partial charge in [-0.15, -0.1) is 0 Å². The van der Waals surface area contributed by atoms with E-state index in [0.29, 0.717) is 24.4 Å². The van der Waals surface area contributed by atoms with E-state index in [1.54, 1.807) is 0 Å². The molecule has 4 bridgehead atoms. The number of benzene rings is 1. The second-order valence-electron chi connectivity index (χ2n) is 10.6. The van der Waals surface area contributed by atoms with Crippen LogP contribution in [-0.4, -0.2) is 24.5 Å². The first kappa shape index (κ1) is 19.9. The molecule has 5 nitrogen and oxygen atoms in total. The van der Waals surface area contributed by atoms with Gasteiger partial charge in [0.25, 0.3) is 0 Å². The number of fused-ring (bicyclic) bond motifs is 1. The molecule has 4 aliphatic carbocycles. The minimum absolute atomic E-state index is 0.0398. The topological polar surface area (TPSA) is 67.4 Å². The molecule has 162 valence electrons. The lowest BCUT2D eigenvalue weighted by atomic mass is 9.49. The van der Waals surface area contributed by atoms with Gasteiger partial charge in [-0.3, -0.25) is 9.59 Å². The Labute approximate surface area is 179 Å². The zero-order valence-electron chi connectivity index (χ0n) is 18.2. The highest BCUT2D eigenvalue weighted by molar-refractivity contribution is 5.90. The van der Waals surface area contributed by atoms with Crippen LogP contribution >= 0.6 is 0 Å². The Bertz CT molecular complexity index is 798. The molecular formula is C25H34N2O3. The van der Waals surface area contributed by atoms with Crippen molar-refractivity contribution in [3.63, 3.8) is 0 Å². The van der Waals surface area contributed by atoms with E-state index in [1.165, 1.54) is 19.3 Å². The molecule has 1 heterocycles. The minimum Gasteiger partial charge on any atom is -0.493 e. The van der Waals surface area contributed by atoms with E-state index in [9.17, 15) is 9.59 Å². The average Bonchev–Trinajstić information content (AvgIpc) is 2.70. The zero-order valence-corrected chi connectivity index (χ0v) is 18.2. The number of hydrogen-bond acceptors (Lipinski definition) is 3. The highest BCUT2D eigenvalue weighted by Crippen LogP contribution is 2.60. The summed E-state index contributed by atoms with van der Waals surface area (Å²) in [6.45, 7) is 4.62. The lowest BCUT2D eigenvalue weighted by molar-refractivity contribution is -0.149. The van der Waals surface area contributed by atoms with E-state index < -0.39 is 6.04 Å². The first-order chi connectivity index (χ1) is 14.4. The first-order valence-corrected chi connectivity index (χ1v) is 11.8. The predicted octanol–water partition coefficient (Wildman–Crippen LogP) is 3.98. The Morgan fingerprint density at radius 3 is 2.30 bits per heavy atom. The van der Waals surface area contributed by atoms with Gasteiger partial charge in [0.05, 0.1) is 12.6 Å². The third kappa shape index (κ3) is 3.50. The molecule has 5 heteroatoms. The highest BCUT2D eigenvalue weighted by Gasteiger charge is 2.55. The molecule has 1 aliphatic heterocycles. The van der Waals surface area contributed by atoms with E-state index >= 15 is 0 Å². The SMILES string of the molecule is CC(C)[C@H](NC(=O)C12CC3CC(CC(C3)C1)C2)C(=O)N[C@H]1CCOc2ccccc21. The van der Waals surface area contributed by atoms with Crippen molar-refractivity contribution < 1.29 is 14.3 Å². The fourth-order valence-electron chi connectivity index (χ4n) is 6.97. The fraction of sp³-hybridized carbons (Fsp3) is 0.680. The van der Waals surface area contributed by atoms with Crippen LogP contribution in [0.25, 0.3) is 0 Å². The molecule has 0 radical (unpaired) electrons. The van der Waals surface area contributed by atoms with Gasteiger partial charge in [-0.2, -0.15) is 0 Å². The Hall–Kier alpha value is -2.04. The molecule has 4 saturated carbocycles. The predicted molar refractivity (Wildman–Crippen MR) is 115 cm³/mol. The molecule has 1 aromatic carbocycles. The third-order valence-electron chi connectivity index (χ3n) is 8.03. The molecule has 30 heavy (non-hydrogen) atoms. The van der Waals surface area contributed by atoms with Gasteiger partial charge < -0.3 is 15.4 Å². The summed E-state index contributed by atoms with van der Waals surface area (Å²) in [6, 6.07) is 7.31. The number of ether oxygens (including phenoxy) is 1. The van der Waals surface area contributed by atoms with E-state index in [-0.39, 0.29) is 29.2 Å². The maximum atomic E-state index is 13.5. The van der Waals surface area contributed by atoms with Crippen LogP contribution in [0.2, 0.25) is 0 Å². The molecule has 2 N–H and O–H groups in total. The minimum atomic E-state index is -0.500. The lowest BCUT2D eigenvalue weighted by Gasteiger charge is -2.55. The van der Waals surface area contributed by atoms with Crippen LogP contribution in [0.3, 0.4) is 0 Å². The van der Waals surface area contributed by atoms with Crippen molar-refractivity contribution in [2.24, 2.45) is 29.1 Å². The summed E-state index contributed by atoms with van der Waals surface area (Å²) in [5.74, 6) is 3.07. The van der Waals surface area contributed by atoms with Gasteiger partial charge in [0, 0.05) is 17.4 Å². The van der Waals surface area contributed by atoms with Crippen LogP contribution in [0.5, 0.6) is 5.75 Å². The summed E-state index contributed by atoms with van der Waals surface area (Å²) < 4.78 is 5.72. The second kappa shape index (κ2) is 7.58. The summed E-state index contributed by atoms with van der Waals surface area (Å²) >= 11 is 0. The molecule has 0 saturated heterocycles.